The van der Waals surface area contributed by atoms with Gasteiger partial charge in [-0.3, -0.25) is 0 Å². The third kappa shape index (κ3) is 3.90. The number of alkyl halides is 3. The molecule has 0 aliphatic rings. The van der Waals surface area contributed by atoms with Gasteiger partial charge in [-0.1, -0.05) is 0 Å². The molecule has 0 aliphatic heterocycles. The summed E-state index contributed by atoms with van der Waals surface area (Å²) in [5.41, 5.74) is 1.41. The van der Waals surface area contributed by atoms with Crippen molar-refractivity contribution in [3.05, 3.63) is 35.5 Å². The molecule has 0 radical (unpaired) electrons. The van der Waals surface area contributed by atoms with E-state index in [9.17, 15) is 18.0 Å². The highest BCUT2D eigenvalue weighted by Crippen LogP contribution is 2.34. The topological polar surface area (TPSA) is 65.7 Å². The normalized spacial score (nSPS) is 11.7. The first-order valence-corrected chi connectivity index (χ1v) is 8.00. The number of pyridine rings is 1. The van der Waals surface area contributed by atoms with E-state index in [1.165, 1.54) is 0 Å². The van der Waals surface area contributed by atoms with Crippen LogP contribution in [0, 0.1) is 0 Å². The number of halogens is 3. The van der Waals surface area contributed by atoms with Crippen molar-refractivity contribution >= 4 is 22.8 Å². The Bertz CT molecular complexity index is 904. The van der Waals surface area contributed by atoms with Crippen LogP contribution in [0.25, 0.3) is 16.1 Å². The summed E-state index contributed by atoms with van der Waals surface area (Å²) in [5.74, 6) is -1.15. The van der Waals surface area contributed by atoms with Gasteiger partial charge in [-0.05, 0) is 25.1 Å². The van der Waals surface area contributed by atoms with Crippen LogP contribution in [0.5, 0.6) is 5.88 Å². The van der Waals surface area contributed by atoms with E-state index < -0.39 is 18.8 Å². The van der Waals surface area contributed by atoms with E-state index in [-0.39, 0.29) is 17.4 Å². The number of hydrogen-bond acceptors (Lipinski definition) is 6. The minimum absolute atomic E-state index is 0.0898. The summed E-state index contributed by atoms with van der Waals surface area (Å²) in [4.78, 5) is 15.9. The number of carbonyl (C=O) groups excluding carboxylic acids is 1. The molecule has 0 saturated heterocycles. The summed E-state index contributed by atoms with van der Waals surface area (Å²) in [6.07, 6.45) is -1.23. The van der Waals surface area contributed by atoms with Crippen molar-refractivity contribution in [2.75, 3.05) is 13.2 Å². The average Bonchev–Trinajstić information content (AvgIpc) is 3.18. The van der Waals surface area contributed by atoms with E-state index in [1.54, 1.807) is 42.0 Å². The quantitative estimate of drug-likeness (QED) is 0.642. The highest BCUT2D eigenvalue weighted by atomic mass is 32.1. The lowest BCUT2D eigenvalue weighted by atomic mass is 10.2. The fourth-order valence-electron chi connectivity index (χ4n) is 2.06. The number of esters is 1. The van der Waals surface area contributed by atoms with Gasteiger partial charge >= 0.3 is 12.1 Å². The van der Waals surface area contributed by atoms with Crippen molar-refractivity contribution < 1.29 is 27.4 Å². The number of thiazole rings is 1. The van der Waals surface area contributed by atoms with Gasteiger partial charge in [0.2, 0.25) is 5.88 Å². The van der Waals surface area contributed by atoms with Crippen molar-refractivity contribution in [3.63, 3.8) is 0 Å². The van der Waals surface area contributed by atoms with Crippen LogP contribution in [0.1, 0.15) is 16.6 Å². The van der Waals surface area contributed by atoms with Crippen LogP contribution in [-0.2, 0) is 4.74 Å². The molecule has 132 valence electrons. The van der Waals surface area contributed by atoms with Crippen molar-refractivity contribution in [2.45, 2.75) is 13.1 Å². The maximum atomic E-state index is 12.4. The van der Waals surface area contributed by atoms with Gasteiger partial charge in [0.1, 0.15) is 5.01 Å². The Balaban J connectivity index is 1.97. The number of nitrogens with zero attached hydrogens (tertiary/aromatic N) is 3. The number of carbonyl (C=O) groups is 1. The Hall–Kier alpha value is -2.62. The first-order chi connectivity index (χ1) is 11.9. The van der Waals surface area contributed by atoms with Gasteiger partial charge in [0.15, 0.2) is 11.5 Å². The van der Waals surface area contributed by atoms with E-state index in [0.717, 1.165) is 16.9 Å². The molecule has 0 spiro atoms. The highest BCUT2D eigenvalue weighted by Gasteiger charge is 2.31. The highest BCUT2D eigenvalue weighted by molar-refractivity contribution is 7.17. The number of fused-ring (bicyclic) bond motifs is 1. The minimum atomic E-state index is -4.54. The van der Waals surface area contributed by atoms with Gasteiger partial charge in [-0.15, -0.1) is 11.3 Å². The van der Waals surface area contributed by atoms with Crippen LogP contribution in [0.4, 0.5) is 13.2 Å². The lowest BCUT2D eigenvalue weighted by molar-refractivity contribution is -0.154. The van der Waals surface area contributed by atoms with Gasteiger partial charge in [0, 0.05) is 18.0 Å². The lowest BCUT2D eigenvalue weighted by Gasteiger charge is -2.07. The zero-order valence-electron chi connectivity index (χ0n) is 12.9. The molecule has 0 aliphatic carbocycles. The summed E-state index contributed by atoms with van der Waals surface area (Å²) in [6.45, 7) is 0.153. The van der Waals surface area contributed by atoms with Crippen LogP contribution < -0.4 is 4.74 Å². The number of hydrogen-bond donors (Lipinski definition) is 0. The van der Waals surface area contributed by atoms with Crippen LogP contribution in [0.15, 0.2) is 30.6 Å². The van der Waals surface area contributed by atoms with Gasteiger partial charge in [0.05, 0.1) is 12.1 Å². The third-order valence-corrected chi connectivity index (χ3v) is 4.14. The summed E-state index contributed by atoms with van der Waals surface area (Å²) in [6, 6.07) is 5.22. The maximum Gasteiger partial charge on any atom is 0.422 e. The molecule has 0 aromatic carbocycles. The first kappa shape index (κ1) is 17.2. The molecule has 3 rings (SSSR count). The maximum absolute atomic E-state index is 12.4. The second-order valence-corrected chi connectivity index (χ2v) is 5.89. The number of rotatable bonds is 5. The van der Waals surface area contributed by atoms with E-state index in [0.29, 0.717) is 10.6 Å². The molecule has 25 heavy (non-hydrogen) atoms. The Kier molecular flexibility index (Phi) is 4.62. The zero-order valence-corrected chi connectivity index (χ0v) is 13.7. The third-order valence-electron chi connectivity index (χ3n) is 3.08. The fourth-order valence-corrected chi connectivity index (χ4v) is 2.96. The minimum Gasteiger partial charge on any atom is -0.467 e. The Labute approximate surface area is 143 Å². The van der Waals surface area contributed by atoms with E-state index in [2.05, 4.69) is 10.1 Å². The largest absolute Gasteiger partial charge is 0.467 e. The van der Waals surface area contributed by atoms with Crippen molar-refractivity contribution in [1.29, 1.82) is 0 Å². The molecule has 0 atom stereocenters. The second-order valence-electron chi connectivity index (χ2n) is 4.89. The number of ether oxygens (including phenoxy) is 2. The average molecular weight is 371 g/mol. The van der Waals surface area contributed by atoms with Crippen LogP contribution in [0.2, 0.25) is 0 Å². The smallest absolute Gasteiger partial charge is 0.422 e. The summed E-state index contributed by atoms with van der Waals surface area (Å²) >= 11 is 0.915. The molecular formula is C15H12F3N3O3S. The van der Waals surface area contributed by atoms with E-state index in [4.69, 9.17) is 9.47 Å². The molecule has 0 bridgehead atoms. The van der Waals surface area contributed by atoms with Crippen molar-refractivity contribution in [2.24, 2.45) is 0 Å². The molecule has 0 N–H and O–H groups in total. The summed E-state index contributed by atoms with van der Waals surface area (Å²) in [7, 11) is 0. The molecule has 0 saturated carbocycles. The molecule has 3 aromatic rings. The SMILES string of the molecule is CCOC(=O)c1sc(-c2ccn3nccc3c2)nc1OCC(F)(F)F. The standard InChI is InChI=1S/C15H12F3N3O3S/c1-2-23-14(22)11-12(24-8-15(16,17)18)20-13(25-11)9-4-6-21-10(7-9)3-5-19-21/h3-7H,2,8H2,1H3. The Morgan fingerprint density at radius 1 is 1.36 bits per heavy atom. The first-order valence-electron chi connectivity index (χ1n) is 7.18. The molecule has 0 amide bonds. The summed E-state index contributed by atoms with van der Waals surface area (Å²) in [5, 5.41) is 4.41. The van der Waals surface area contributed by atoms with E-state index in [1.807, 2.05) is 0 Å². The fraction of sp³-hybridized carbons (Fsp3) is 0.267. The van der Waals surface area contributed by atoms with Crippen LogP contribution >= 0.6 is 11.3 Å². The predicted octanol–water partition coefficient (Wildman–Crippen LogP) is 3.58. The van der Waals surface area contributed by atoms with Gasteiger partial charge in [-0.2, -0.15) is 18.3 Å². The molecule has 6 nitrogen and oxygen atoms in total. The molecule has 0 unspecified atom stereocenters. The molecular weight excluding hydrogens is 359 g/mol. The molecule has 3 heterocycles. The zero-order chi connectivity index (χ0) is 18.0. The van der Waals surface area contributed by atoms with Gasteiger partial charge in [0.25, 0.3) is 0 Å². The van der Waals surface area contributed by atoms with E-state index >= 15 is 0 Å². The van der Waals surface area contributed by atoms with Crippen molar-refractivity contribution in [1.82, 2.24) is 14.6 Å². The lowest BCUT2D eigenvalue weighted by Crippen LogP contribution is -2.20. The number of aromatic nitrogens is 3. The Morgan fingerprint density at radius 2 is 2.16 bits per heavy atom. The van der Waals surface area contributed by atoms with Gasteiger partial charge < -0.3 is 9.47 Å². The Morgan fingerprint density at radius 3 is 2.88 bits per heavy atom. The molecule has 3 aromatic heterocycles. The second kappa shape index (κ2) is 6.71. The van der Waals surface area contributed by atoms with Crippen LogP contribution in [0.3, 0.4) is 0 Å². The molecule has 10 heteroatoms. The van der Waals surface area contributed by atoms with Crippen molar-refractivity contribution in [3.8, 4) is 16.5 Å². The van der Waals surface area contributed by atoms with Gasteiger partial charge in [-0.25, -0.2) is 14.3 Å². The summed E-state index contributed by atoms with van der Waals surface area (Å²) < 4.78 is 48.4. The predicted molar refractivity (Wildman–Crippen MR) is 83.8 cm³/mol. The monoisotopic (exact) mass is 371 g/mol. The molecule has 0 fully saturated rings. The van der Waals surface area contributed by atoms with Crippen LogP contribution in [-0.4, -0.2) is 40.0 Å².